The zero-order valence-electron chi connectivity index (χ0n) is 9.58. The highest BCUT2D eigenvalue weighted by Crippen LogP contribution is 2.36. The van der Waals surface area contributed by atoms with Crippen molar-refractivity contribution < 1.29 is 4.74 Å². The Morgan fingerprint density at radius 3 is 2.81 bits per heavy atom. The molecule has 2 rings (SSSR count). The molecular formula is C13H18ClNO. The van der Waals surface area contributed by atoms with Gasteiger partial charge in [0.15, 0.2) is 0 Å². The summed E-state index contributed by atoms with van der Waals surface area (Å²) in [6.45, 7) is 0. The highest BCUT2D eigenvalue weighted by molar-refractivity contribution is 6.30. The zero-order valence-corrected chi connectivity index (χ0v) is 10.3. The molecule has 88 valence electrons. The van der Waals surface area contributed by atoms with Crippen molar-refractivity contribution in [2.75, 3.05) is 7.11 Å². The van der Waals surface area contributed by atoms with E-state index in [-0.39, 0.29) is 6.04 Å². The first-order valence-electron chi connectivity index (χ1n) is 5.79. The van der Waals surface area contributed by atoms with Crippen LogP contribution in [0.25, 0.3) is 0 Å². The minimum Gasteiger partial charge on any atom is -0.496 e. The largest absolute Gasteiger partial charge is 0.496 e. The van der Waals surface area contributed by atoms with Gasteiger partial charge in [-0.05, 0) is 30.5 Å². The van der Waals surface area contributed by atoms with Crippen molar-refractivity contribution in [2.24, 2.45) is 11.7 Å². The van der Waals surface area contributed by atoms with Gasteiger partial charge in [0.05, 0.1) is 7.11 Å². The Morgan fingerprint density at radius 2 is 2.25 bits per heavy atom. The Kier molecular flexibility index (Phi) is 3.72. The average molecular weight is 240 g/mol. The summed E-state index contributed by atoms with van der Waals surface area (Å²) in [5, 5.41) is 0.722. The first kappa shape index (κ1) is 11.7. The summed E-state index contributed by atoms with van der Waals surface area (Å²) in [6.07, 6.45) is 5.02. The summed E-state index contributed by atoms with van der Waals surface area (Å²) in [6, 6.07) is 5.68. The molecule has 0 spiro atoms. The zero-order chi connectivity index (χ0) is 11.5. The molecule has 1 aliphatic carbocycles. The van der Waals surface area contributed by atoms with Crippen LogP contribution in [-0.2, 0) is 0 Å². The lowest BCUT2D eigenvalue weighted by Crippen LogP contribution is -2.20. The molecule has 1 aromatic carbocycles. The highest BCUT2D eigenvalue weighted by atomic mass is 35.5. The molecule has 1 aromatic rings. The minimum absolute atomic E-state index is 0.0407. The molecule has 2 N–H and O–H groups in total. The third-order valence-electron chi connectivity index (χ3n) is 3.40. The second kappa shape index (κ2) is 5.07. The Balaban J connectivity index is 2.13. The molecule has 1 atom stereocenters. The van der Waals surface area contributed by atoms with E-state index in [1.165, 1.54) is 19.3 Å². The second-order valence-electron chi connectivity index (χ2n) is 4.53. The fourth-order valence-electron chi connectivity index (χ4n) is 2.21. The molecule has 0 amide bonds. The average Bonchev–Trinajstić information content (AvgIpc) is 2.23. The van der Waals surface area contributed by atoms with E-state index in [4.69, 9.17) is 22.1 Å². The van der Waals surface area contributed by atoms with Gasteiger partial charge in [-0.15, -0.1) is 0 Å². The van der Waals surface area contributed by atoms with Gasteiger partial charge in [0, 0.05) is 16.6 Å². The van der Waals surface area contributed by atoms with Crippen molar-refractivity contribution in [1.82, 2.24) is 0 Å². The predicted molar refractivity (Wildman–Crippen MR) is 66.9 cm³/mol. The van der Waals surface area contributed by atoms with E-state index >= 15 is 0 Å². The third-order valence-corrected chi connectivity index (χ3v) is 3.64. The quantitative estimate of drug-likeness (QED) is 0.872. The maximum Gasteiger partial charge on any atom is 0.123 e. The van der Waals surface area contributed by atoms with Crippen LogP contribution >= 0.6 is 11.6 Å². The summed E-state index contributed by atoms with van der Waals surface area (Å²) in [5.74, 6) is 1.63. The lowest BCUT2D eigenvalue weighted by atomic mass is 9.80. The molecular weight excluding hydrogens is 222 g/mol. The van der Waals surface area contributed by atoms with Gasteiger partial charge in [-0.3, -0.25) is 0 Å². The third kappa shape index (κ3) is 2.50. The van der Waals surface area contributed by atoms with Crippen molar-refractivity contribution in [1.29, 1.82) is 0 Å². The van der Waals surface area contributed by atoms with Gasteiger partial charge in [0.2, 0.25) is 0 Å². The van der Waals surface area contributed by atoms with E-state index in [1.54, 1.807) is 7.11 Å². The van der Waals surface area contributed by atoms with E-state index < -0.39 is 0 Å². The Labute approximate surface area is 102 Å². The molecule has 16 heavy (non-hydrogen) atoms. The number of hydrogen-bond donors (Lipinski definition) is 1. The maximum absolute atomic E-state index is 6.21. The number of ether oxygens (including phenoxy) is 1. The molecule has 2 nitrogen and oxygen atoms in total. The first-order valence-corrected chi connectivity index (χ1v) is 6.17. The van der Waals surface area contributed by atoms with Gasteiger partial charge in [-0.2, -0.15) is 0 Å². The predicted octanol–water partition coefficient (Wildman–Crippen LogP) is 3.54. The van der Waals surface area contributed by atoms with Crippen molar-refractivity contribution in [3.63, 3.8) is 0 Å². The van der Waals surface area contributed by atoms with Crippen molar-refractivity contribution >= 4 is 11.6 Å². The fourth-order valence-corrected chi connectivity index (χ4v) is 2.39. The molecule has 0 heterocycles. The molecule has 1 aliphatic rings. The van der Waals surface area contributed by atoms with Crippen LogP contribution in [0.2, 0.25) is 5.02 Å². The van der Waals surface area contributed by atoms with Crippen LogP contribution < -0.4 is 10.5 Å². The van der Waals surface area contributed by atoms with Crippen molar-refractivity contribution in [2.45, 2.75) is 31.7 Å². The minimum atomic E-state index is 0.0407. The van der Waals surface area contributed by atoms with Crippen LogP contribution in [0.3, 0.4) is 0 Å². The lowest BCUT2D eigenvalue weighted by Gasteiger charge is -2.28. The van der Waals surface area contributed by atoms with Crippen LogP contribution in [0, 0.1) is 5.92 Å². The summed E-state index contributed by atoms with van der Waals surface area (Å²) in [5.41, 5.74) is 7.24. The van der Waals surface area contributed by atoms with Crippen LogP contribution in [0.15, 0.2) is 18.2 Å². The maximum atomic E-state index is 6.21. The number of benzene rings is 1. The standard InChI is InChI=1S/C13H18ClNO/c1-16-13-6-5-10(14)8-11(13)12(15)7-9-3-2-4-9/h5-6,8-9,12H,2-4,7,15H2,1H3. The summed E-state index contributed by atoms with van der Waals surface area (Å²) in [4.78, 5) is 0. The van der Waals surface area contributed by atoms with Gasteiger partial charge >= 0.3 is 0 Å². The van der Waals surface area contributed by atoms with Gasteiger partial charge < -0.3 is 10.5 Å². The number of rotatable bonds is 4. The molecule has 0 aromatic heterocycles. The van der Waals surface area contributed by atoms with Crippen LogP contribution in [0.5, 0.6) is 5.75 Å². The smallest absolute Gasteiger partial charge is 0.123 e. The Bertz CT molecular complexity index is 363. The normalized spacial score (nSPS) is 17.9. The molecule has 1 unspecified atom stereocenters. The Hall–Kier alpha value is -0.730. The van der Waals surface area contributed by atoms with Crippen LogP contribution in [0.4, 0.5) is 0 Å². The number of halogens is 1. The lowest BCUT2D eigenvalue weighted by molar-refractivity contribution is 0.275. The van der Waals surface area contributed by atoms with E-state index in [0.29, 0.717) is 0 Å². The summed E-state index contributed by atoms with van der Waals surface area (Å²) < 4.78 is 5.32. The van der Waals surface area contributed by atoms with Crippen molar-refractivity contribution in [3.8, 4) is 5.75 Å². The van der Waals surface area contributed by atoms with Crippen molar-refractivity contribution in [3.05, 3.63) is 28.8 Å². The van der Waals surface area contributed by atoms with E-state index in [0.717, 1.165) is 28.7 Å². The molecule has 3 heteroatoms. The first-order chi connectivity index (χ1) is 7.70. The molecule has 0 bridgehead atoms. The number of methoxy groups -OCH3 is 1. The Morgan fingerprint density at radius 1 is 1.50 bits per heavy atom. The SMILES string of the molecule is COc1ccc(Cl)cc1C(N)CC1CCC1. The van der Waals surface area contributed by atoms with Gasteiger partial charge in [-0.25, -0.2) is 0 Å². The molecule has 0 aliphatic heterocycles. The van der Waals surface area contributed by atoms with Crippen LogP contribution in [-0.4, -0.2) is 7.11 Å². The summed E-state index contributed by atoms with van der Waals surface area (Å²) >= 11 is 5.99. The molecule has 1 fully saturated rings. The van der Waals surface area contributed by atoms with E-state index in [9.17, 15) is 0 Å². The molecule has 0 radical (unpaired) electrons. The van der Waals surface area contributed by atoms with Crippen LogP contribution in [0.1, 0.15) is 37.3 Å². The monoisotopic (exact) mass is 239 g/mol. The fraction of sp³-hybridized carbons (Fsp3) is 0.538. The molecule has 1 saturated carbocycles. The van der Waals surface area contributed by atoms with Gasteiger partial charge in [0.1, 0.15) is 5.75 Å². The van der Waals surface area contributed by atoms with Gasteiger partial charge in [0.25, 0.3) is 0 Å². The molecule has 0 saturated heterocycles. The summed E-state index contributed by atoms with van der Waals surface area (Å²) in [7, 11) is 1.67. The van der Waals surface area contributed by atoms with Gasteiger partial charge in [-0.1, -0.05) is 30.9 Å². The number of nitrogens with two attached hydrogens (primary N) is 1. The number of hydrogen-bond acceptors (Lipinski definition) is 2. The topological polar surface area (TPSA) is 35.2 Å². The van der Waals surface area contributed by atoms with E-state index in [2.05, 4.69) is 0 Å². The second-order valence-corrected chi connectivity index (χ2v) is 4.96. The highest BCUT2D eigenvalue weighted by Gasteiger charge is 2.22. The van der Waals surface area contributed by atoms with E-state index in [1.807, 2.05) is 18.2 Å².